The lowest BCUT2D eigenvalue weighted by Gasteiger charge is -2.22. The molecule has 4 aromatic carbocycles. The van der Waals surface area contributed by atoms with E-state index in [1.54, 1.807) is 0 Å². The van der Waals surface area contributed by atoms with Crippen molar-refractivity contribution in [3.05, 3.63) is 140 Å². The molecule has 12 nitrogen and oxygen atoms in total. The Balaban J connectivity index is 1.76. The van der Waals surface area contributed by atoms with E-state index in [1.807, 2.05) is 0 Å². The molecule has 0 radical (unpaired) electrons. The largest absolute Gasteiger partial charge is 0.287 e. The minimum absolute atomic E-state index is 0.0386. The average molecular weight is 1800 g/mol. The predicted molar refractivity (Wildman–Crippen MR) is 587 cm³/mol. The quantitative estimate of drug-likeness (QED) is 0.0387. The third-order valence-electron chi connectivity index (χ3n) is 27.9. The van der Waals surface area contributed by atoms with E-state index in [4.69, 9.17) is 59.9 Å². The van der Waals surface area contributed by atoms with Gasteiger partial charge in [0.2, 0.25) is 0 Å². The van der Waals surface area contributed by atoms with E-state index in [9.17, 15) is 0 Å². The van der Waals surface area contributed by atoms with Gasteiger partial charge in [0.25, 0.3) is 0 Å². The van der Waals surface area contributed by atoms with E-state index in [1.165, 1.54) is 231 Å². The number of fused-ring (bicyclic) bond motifs is 18. The minimum atomic E-state index is -0.0386. The Labute approximate surface area is 809 Å². The van der Waals surface area contributed by atoms with Gasteiger partial charge in [-0.2, -0.15) is 0 Å². The van der Waals surface area contributed by atoms with Crippen LogP contribution in [0, 0.1) is 0 Å². The summed E-state index contributed by atoms with van der Waals surface area (Å²) in [7, 11) is 0. The molecular weight excluding hydrogens is 1610 g/mol. The van der Waals surface area contributed by atoms with Crippen LogP contribution >= 0.6 is 0 Å². The molecular formula is C120H192N12. The van der Waals surface area contributed by atoms with Gasteiger partial charge < -0.3 is 0 Å². The Morgan fingerprint density at radius 1 is 0.114 bits per heavy atom. The molecule has 0 amide bonds. The third kappa shape index (κ3) is 47.1. The summed E-state index contributed by atoms with van der Waals surface area (Å²) >= 11 is 0. The van der Waals surface area contributed by atoms with Crippen molar-refractivity contribution in [1.29, 1.82) is 0 Å². The molecule has 12 atom stereocenters. The lowest BCUT2D eigenvalue weighted by Crippen LogP contribution is -2.24. The van der Waals surface area contributed by atoms with E-state index in [0.717, 1.165) is 221 Å². The molecule has 12 bridgehead atoms. The first-order valence-electron chi connectivity index (χ1n) is 56.0. The van der Waals surface area contributed by atoms with E-state index < -0.39 is 0 Å². The lowest BCUT2D eigenvalue weighted by atomic mass is 9.96. The second-order valence-corrected chi connectivity index (χ2v) is 40.1. The SMILES string of the molecule is CCCCCCC1N=Cc2cc3cc(c2)C=NC(CCCCCC)C(CCCCCC)N=Cc2cc4cc(c2)C=NC(CCCCCC)C(CCCCCC)N=Cc2cc(cc(c2)C=NC(CCCCCC)C(CCCCCC)N=Cc2cc(cc(c2)C=NC(CCCCCC)C(CCCCCC)N=C4)C=NC1CCCCCC)C=NC(CCCCCC)C(CCCCCC)N=C3. The number of rotatable bonds is 60. The summed E-state index contributed by atoms with van der Waals surface area (Å²) in [5.41, 5.74) is 12.8. The molecule has 12 unspecified atom stereocenters. The summed E-state index contributed by atoms with van der Waals surface area (Å²) in [5, 5.41) is 0. The zero-order chi connectivity index (χ0) is 93.7. The molecule has 0 saturated heterocycles. The summed E-state index contributed by atoms with van der Waals surface area (Å²) in [5.74, 6) is 0. The Hall–Kier alpha value is -7.08. The van der Waals surface area contributed by atoms with Crippen LogP contribution in [0.5, 0.6) is 0 Å². The lowest BCUT2D eigenvalue weighted by molar-refractivity contribution is 0.438. The molecule has 8 rings (SSSR count). The van der Waals surface area contributed by atoms with Crippen molar-refractivity contribution in [2.24, 2.45) is 59.9 Å². The van der Waals surface area contributed by atoms with Crippen molar-refractivity contribution >= 4 is 74.6 Å². The predicted octanol–water partition coefficient (Wildman–Crippen LogP) is 33.9. The summed E-state index contributed by atoms with van der Waals surface area (Å²) in [6.07, 6.45) is 94.4. The van der Waals surface area contributed by atoms with Crippen LogP contribution in [0.4, 0.5) is 0 Å². The summed E-state index contributed by atoms with van der Waals surface area (Å²) in [6, 6.07) is 27.9. The first kappa shape index (κ1) is 112. The molecule has 132 heavy (non-hydrogen) atoms. The maximum Gasteiger partial charge on any atom is 0.0723 e. The molecule has 0 aromatic heterocycles. The molecule has 4 aliphatic rings. The van der Waals surface area contributed by atoms with Crippen LogP contribution in [-0.2, 0) is 0 Å². The number of nitrogens with zero attached hydrogens (tertiary/aromatic N) is 12. The van der Waals surface area contributed by atoms with E-state index in [-0.39, 0.29) is 72.5 Å². The fraction of sp³-hybridized carbons (Fsp3) is 0.700. The van der Waals surface area contributed by atoms with Crippen molar-refractivity contribution in [3.8, 4) is 0 Å². The van der Waals surface area contributed by atoms with Gasteiger partial charge in [-0.3, -0.25) is 59.9 Å². The number of hydrogen-bond donors (Lipinski definition) is 0. The van der Waals surface area contributed by atoms with Gasteiger partial charge in [0.05, 0.1) is 72.5 Å². The zero-order valence-corrected chi connectivity index (χ0v) is 86.6. The van der Waals surface area contributed by atoms with Crippen LogP contribution in [0.3, 0.4) is 0 Å². The molecule has 4 aliphatic heterocycles. The number of aliphatic imine (C=N–C) groups is 12. The van der Waals surface area contributed by atoms with Crippen LogP contribution in [0.2, 0.25) is 0 Å². The Morgan fingerprint density at radius 3 is 0.258 bits per heavy atom. The van der Waals surface area contributed by atoms with Gasteiger partial charge in [0, 0.05) is 74.6 Å². The Morgan fingerprint density at radius 2 is 0.189 bits per heavy atom. The first-order valence-corrected chi connectivity index (χ1v) is 56.0. The normalized spacial score (nSPS) is 20.8. The molecule has 0 spiro atoms. The highest BCUT2D eigenvalue weighted by Gasteiger charge is 2.27. The van der Waals surface area contributed by atoms with Gasteiger partial charge in [-0.05, 0) is 217 Å². The van der Waals surface area contributed by atoms with Gasteiger partial charge >= 0.3 is 0 Å². The van der Waals surface area contributed by atoms with Crippen LogP contribution in [0.1, 0.15) is 535 Å². The molecule has 4 aromatic rings. The highest BCUT2D eigenvalue weighted by atomic mass is 14.9. The molecule has 4 heterocycles. The zero-order valence-electron chi connectivity index (χ0n) is 86.6. The molecule has 0 fully saturated rings. The van der Waals surface area contributed by atoms with Gasteiger partial charge in [-0.1, -0.05) is 391 Å². The summed E-state index contributed by atoms with van der Waals surface area (Å²) in [6.45, 7) is 28.0. The van der Waals surface area contributed by atoms with Crippen LogP contribution in [0.15, 0.2) is 133 Å². The van der Waals surface area contributed by atoms with Crippen LogP contribution in [0.25, 0.3) is 0 Å². The van der Waals surface area contributed by atoms with Gasteiger partial charge in [0.15, 0.2) is 0 Å². The Kier molecular flexibility index (Phi) is 61.3. The maximum absolute atomic E-state index is 5.91. The molecule has 12 heteroatoms. The van der Waals surface area contributed by atoms with Crippen molar-refractivity contribution in [1.82, 2.24) is 0 Å². The fourth-order valence-electron chi connectivity index (χ4n) is 19.6. The Bertz CT molecular complexity index is 3060. The first-order chi connectivity index (χ1) is 65.0. The van der Waals surface area contributed by atoms with E-state index in [0.29, 0.717) is 0 Å². The molecule has 0 aliphatic carbocycles. The van der Waals surface area contributed by atoms with E-state index in [2.05, 4.69) is 230 Å². The highest BCUT2D eigenvalue weighted by molar-refractivity contribution is 5.96. The van der Waals surface area contributed by atoms with Crippen LogP contribution in [-0.4, -0.2) is 147 Å². The average Bonchev–Trinajstić information content (AvgIpc) is 1.03. The molecule has 0 N–H and O–H groups in total. The summed E-state index contributed by atoms with van der Waals surface area (Å²) in [4.78, 5) is 70.9. The second-order valence-electron chi connectivity index (χ2n) is 40.1. The third-order valence-corrected chi connectivity index (χ3v) is 27.9. The van der Waals surface area contributed by atoms with Crippen molar-refractivity contribution in [2.45, 2.75) is 541 Å². The number of hydrogen-bond acceptors (Lipinski definition) is 12. The second kappa shape index (κ2) is 72.3. The minimum Gasteiger partial charge on any atom is -0.287 e. The summed E-state index contributed by atoms with van der Waals surface area (Å²) < 4.78 is 0. The molecule has 732 valence electrons. The van der Waals surface area contributed by atoms with Crippen molar-refractivity contribution < 1.29 is 0 Å². The highest BCUT2D eigenvalue weighted by Crippen LogP contribution is 2.31. The van der Waals surface area contributed by atoms with Crippen LogP contribution < -0.4 is 0 Å². The van der Waals surface area contributed by atoms with Crippen molar-refractivity contribution in [3.63, 3.8) is 0 Å². The van der Waals surface area contributed by atoms with Gasteiger partial charge in [-0.15, -0.1) is 0 Å². The monoisotopic (exact) mass is 1800 g/mol. The number of unbranched alkanes of at least 4 members (excludes halogenated alkanes) is 36. The van der Waals surface area contributed by atoms with Crippen molar-refractivity contribution in [2.75, 3.05) is 0 Å². The smallest absolute Gasteiger partial charge is 0.0723 e. The van der Waals surface area contributed by atoms with E-state index >= 15 is 0 Å². The fourth-order valence-corrected chi connectivity index (χ4v) is 19.6. The standard InChI is InChI=1S/C120H192N12/c1-13-25-37-49-61-109-110(62-50-38-26-14-2)122-86-98-75-101-78-102(76-98)90-126-116(68-56-44-32-20-8)118(70-58-46-34-22-10)130-94-106-80-104-82-108(84-106)96-132-120(72-60-48-36-24-12)119(71-59-47-35-23-11)131-95-107-81-103(79-105(83-107)93-129-117(69-57-45-33-21-9)115(125-89-101)67-55-43-31-19-7)91-127-113(65-53-41-29-17-5)111(63-51-39-27-15-3)123-87-99-73-97(85-121-109)74-100(77-99)88-124-112(64-52-40-28-16-4)114(128-92-104)66-54-42-30-18-6/h73-96,109-120H,13-72H2,1-12H3. The number of benzene rings is 4. The van der Waals surface area contributed by atoms with Gasteiger partial charge in [-0.25, -0.2) is 0 Å². The molecule has 0 saturated carbocycles. The maximum atomic E-state index is 5.91. The van der Waals surface area contributed by atoms with Gasteiger partial charge in [0.1, 0.15) is 0 Å². The topological polar surface area (TPSA) is 148 Å².